The van der Waals surface area contributed by atoms with Gasteiger partial charge in [-0.15, -0.1) is 0 Å². The second-order valence-electron chi connectivity index (χ2n) is 8.34. The molecule has 1 aliphatic heterocycles. The van der Waals surface area contributed by atoms with Crippen LogP contribution < -0.4 is 4.90 Å². The van der Waals surface area contributed by atoms with Crippen LogP contribution >= 0.6 is 0 Å². The Balaban J connectivity index is 1.23. The average molecular weight is 444 g/mol. The molecule has 2 heterocycles. The number of hydrogen-bond acceptors (Lipinski definition) is 5. The molecule has 0 spiro atoms. The van der Waals surface area contributed by atoms with Crippen LogP contribution in [0, 0.1) is 0 Å². The minimum absolute atomic E-state index is 0.0350. The minimum atomic E-state index is -0.978. The summed E-state index contributed by atoms with van der Waals surface area (Å²) >= 11 is 0. The first kappa shape index (κ1) is 21.0. The highest BCUT2D eigenvalue weighted by Gasteiger charge is 2.30. The third-order valence-corrected chi connectivity index (χ3v) is 6.41. The van der Waals surface area contributed by atoms with Crippen molar-refractivity contribution < 1.29 is 19.4 Å². The van der Waals surface area contributed by atoms with Crippen LogP contribution in [-0.4, -0.2) is 59.8 Å². The quantitative estimate of drug-likeness (QED) is 0.649. The molecule has 2 aromatic carbocycles. The molecular formula is C26H25N3O4. The lowest BCUT2D eigenvalue weighted by Crippen LogP contribution is -2.36. The predicted octanol–water partition coefficient (Wildman–Crippen LogP) is 4.24. The number of benzene rings is 2. The number of ether oxygens (including phenoxy) is 1. The van der Waals surface area contributed by atoms with Crippen molar-refractivity contribution >= 4 is 17.9 Å². The Kier molecular flexibility index (Phi) is 5.69. The van der Waals surface area contributed by atoms with Crippen molar-refractivity contribution in [2.75, 3.05) is 37.7 Å². The van der Waals surface area contributed by atoms with Gasteiger partial charge in [0.25, 0.3) is 0 Å². The van der Waals surface area contributed by atoms with Crippen molar-refractivity contribution in [2.45, 2.75) is 12.3 Å². The van der Waals surface area contributed by atoms with Crippen LogP contribution in [0.25, 0.3) is 11.1 Å². The second kappa shape index (κ2) is 8.94. The Labute approximate surface area is 192 Å². The number of hydrogen-bond donors (Lipinski definition) is 1. The van der Waals surface area contributed by atoms with E-state index in [1.54, 1.807) is 11.0 Å². The van der Waals surface area contributed by atoms with E-state index in [2.05, 4.69) is 29.2 Å². The molecule has 1 fully saturated rings. The van der Waals surface area contributed by atoms with Gasteiger partial charge in [0.05, 0.1) is 5.56 Å². The third kappa shape index (κ3) is 4.14. The summed E-state index contributed by atoms with van der Waals surface area (Å²) in [4.78, 5) is 32.2. The van der Waals surface area contributed by atoms with E-state index in [1.807, 2.05) is 29.2 Å². The lowest BCUT2D eigenvalue weighted by atomic mass is 9.98. The molecule has 7 heteroatoms. The molecule has 5 rings (SSSR count). The van der Waals surface area contributed by atoms with E-state index in [4.69, 9.17) is 4.74 Å². The zero-order valence-electron chi connectivity index (χ0n) is 18.2. The van der Waals surface area contributed by atoms with Gasteiger partial charge in [-0.3, -0.25) is 0 Å². The van der Waals surface area contributed by atoms with E-state index in [-0.39, 0.29) is 17.6 Å². The number of rotatable bonds is 4. The molecule has 1 aromatic heterocycles. The van der Waals surface area contributed by atoms with Crippen LogP contribution in [0.5, 0.6) is 0 Å². The van der Waals surface area contributed by atoms with Crippen LogP contribution in [0.2, 0.25) is 0 Å². The normalized spacial score (nSPS) is 15.5. The Morgan fingerprint density at radius 2 is 1.64 bits per heavy atom. The third-order valence-electron chi connectivity index (χ3n) is 6.41. The van der Waals surface area contributed by atoms with E-state index in [0.29, 0.717) is 38.6 Å². The first-order valence-electron chi connectivity index (χ1n) is 11.2. The number of carbonyl (C=O) groups is 2. The molecule has 1 N–H and O–H groups in total. The second-order valence-corrected chi connectivity index (χ2v) is 8.34. The van der Waals surface area contributed by atoms with Gasteiger partial charge < -0.3 is 19.6 Å². The Morgan fingerprint density at radius 1 is 0.939 bits per heavy atom. The summed E-state index contributed by atoms with van der Waals surface area (Å²) in [6, 6.07) is 19.6. The molecule has 7 nitrogen and oxygen atoms in total. The van der Waals surface area contributed by atoms with Crippen LogP contribution in [0.1, 0.15) is 33.8 Å². The SMILES string of the molecule is O=C(O)c1ccnc(N2CCCN(C(=O)OCC3c4ccccc4-c4ccccc43)CC2)c1. The first-order valence-corrected chi connectivity index (χ1v) is 11.2. The minimum Gasteiger partial charge on any atom is -0.478 e. The molecule has 1 amide bonds. The monoisotopic (exact) mass is 443 g/mol. The van der Waals surface area contributed by atoms with Gasteiger partial charge in [-0.2, -0.15) is 0 Å². The number of carboxylic acid groups (broad SMARTS) is 1. The molecule has 2 aliphatic rings. The van der Waals surface area contributed by atoms with Gasteiger partial charge in [0.2, 0.25) is 0 Å². The maximum atomic E-state index is 12.9. The number of carboxylic acids is 1. The van der Waals surface area contributed by atoms with Crippen LogP contribution in [0.3, 0.4) is 0 Å². The smallest absolute Gasteiger partial charge is 0.409 e. The van der Waals surface area contributed by atoms with Gasteiger partial charge in [0.1, 0.15) is 12.4 Å². The molecule has 0 radical (unpaired) electrons. The number of nitrogens with zero attached hydrogens (tertiary/aromatic N) is 3. The summed E-state index contributed by atoms with van der Waals surface area (Å²) in [7, 11) is 0. The highest BCUT2D eigenvalue weighted by atomic mass is 16.6. The molecule has 0 bridgehead atoms. The van der Waals surface area contributed by atoms with Gasteiger partial charge in [-0.1, -0.05) is 48.5 Å². The molecule has 0 atom stereocenters. The summed E-state index contributed by atoms with van der Waals surface area (Å²) in [5.41, 5.74) is 5.00. The van der Waals surface area contributed by atoms with Crippen LogP contribution in [0.4, 0.5) is 10.6 Å². The summed E-state index contributed by atoms with van der Waals surface area (Å²) in [5.74, 6) is -0.328. The number of aromatic carboxylic acids is 1. The lowest BCUT2D eigenvalue weighted by molar-refractivity contribution is 0.0696. The fraction of sp³-hybridized carbons (Fsp3) is 0.269. The zero-order chi connectivity index (χ0) is 22.8. The number of anilines is 1. The van der Waals surface area contributed by atoms with E-state index < -0.39 is 5.97 Å². The van der Waals surface area contributed by atoms with Crippen LogP contribution in [-0.2, 0) is 4.74 Å². The Hall–Kier alpha value is -3.87. The fourth-order valence-corrected chi connectivity index (χ4v) is 4.74. The zero-order valence-corrected chi connectivity index (χ0v) is 18.2. The fourth-order valence-electron chi connectivity index (χ4n) is 4.74. The van der Waals surface area contributed by atoms with Crippen molar-refractivity contribution in [3.8, 4) is 11.1 Å². The van der Waals surface area contributed by atoms with Crippen molar-refractivity contribution in [3.05, 3.63) is 83.6 Å². The maximum Gasteiger partial charge on any atom is 0.409 e. The van der Waals surface area contributed by atoms with Gasteiger partial charge in [-0.25, -0.2) is 14.6 Å². The molecule has 1 saturated heterocycles. The largest absolute Gasteiger partial charge is 0.478 e. The molecule has 0 saturated carbocycles. The van der Waals surface area contributed by atoms with Crippen molar-refractivity contribution in [1.82, 2.24) is 9.88 Å². The lowest BCUT2D eigenvalue weighted by Gasteiger charge is -2.23. The Morgan fingerprint density at radius 3 is 2.33 bits per heavy atom. The summed E-state index contributed by atoms with van der Waals surface area (Å²) < 4.78 is 5.80. The Bertz CT molecular complexity index is 1150. The van der Waals surface area contributed by atoms with Gasteiger partial charge in [0, 0.05) is 38.3 Å². The standard InChI is InChI=1S/C26H25N3O4/c30-25(31)18-10-11-27-24(16-18)28-12-5-13-29(15-14-28)26(32)33-17-23-21-8-3-1-6-19(21)20-7-2-4-9-22(20)23/h1-4,6-11,16,23H,5,12-15,17H2,(H,30,31). The van der Waals surface area contributed by atoms with Gasteiger partial charge in [-0.05, 0) is 40.8 Å². The highest BCUT2D eigenvalue weighted by Crippen LogP contribution is 2.44. The molecular weight excluding hydrogens is 418 g/mol. The van der Waals surface area contributed by atoms with E-state index in [0.717, 1.165) is 6.42 Å². The molecule has 3 aromatic rings. The number of aromatic nitrogens is 1. The summed E-state index contributed by atoms with van der Waals surface area (Å²) in [5, 5.41) is 9.23. The van der Waals surface area contributed by atoms with Crippen LogP contribution in [0.15, 0.2) is 66.9 Å². The van der Waals surface area contributed by atoms with E-state index in [1.165, 1.54) is 34.5 Å². The van der Waals surface area contributed by atoms with Crippen molar-refractivity contribution in [3.63, 3.8) is 0 Å². The highest BCUT2D eigenvalue weighted by molar-refractivity contribution is 5.88. The summed E-state index contributed by atoms with van der Waals surface area (Å²) in [6.07, 6.45) is 1.95. The molecule has 0 unspecified atom stereocenters. The number of pyridine rings is 1. The first-order chi connectivity index (χ1) is 16.1. The topological polar surface area (TPSA) is 83.0 Å². The van der Waals surface area contributed by atoms with Gasteiger partial charge >= 0.3 is 12.1 Å². The van der Waals surface area contributed by atoms with Crippen molar-refractivity contribution in [2.24, 2.45) is 0 Å². The van der Waals surface area contributed by atoms with Gasteiger partial charge in [0.15, 0.2) is 0 Å². The number of amides is 1. The molecule has 168 valence electrons. The van der Waals surface area contributed by atoms with Crippen molar-refractivity contribution in [1.29, 1.82) is 0 Å². The average Bonchev–Trinajstić information content (AvgIpc) is 2.98. The predicted molar refractivity (Wildman–Crippen MR) is 125 cm³/mol. The number of carbonyl (C=O) groups excluding carboxylic acids is 1. The van der Waals surface area contributed by atoms with E-state index >= 15 is 0 Å². The number of fused-ring (bicyclic) bond motifs is 3. The maximum absolute atomic E-state index is 12.9. The molecule has 33 heavy (non-hydrogen) atoms. The summed E-state index contributed by atoms with van der Waals surface area (Å²) in [6.45, 7) is 2.65. The van der Waals surface area contributed by atoms with E-state index in [9.17, 15) is 14.7 Å². The molecule has 1 aliphatic carbocycles.